The average molecular weight is 515 g/mol. The zero-order valence-corrected chi connectivity index (χ0v) is 19.9. The maximum absolute atomic E-state index is 6.10. The fourth-order valence-corrected chi connectivity index (χ4v) is 4.28. The molecule has 5 nitrogen and oxygen atoms in total. The van der Waals surface area contributed by atoms with Gasteiger partial charge >= 0.3 is 0 Å². The summed E-state index contributed by atoms with van der Waals surface area (Å²) >= 11 is 8.97. The van der Waals surface area contributed by atoms with E-state index in [2.05, 4.69) is 61.6 Å². The number of fused-ring (bicyclic) bond motifs is 1. The molecule has 0 aliphatic rings. The van der Waals surface area contributed by atoms with Crippen LogP contribution in [0.2, 0.25) is 0 Å². The molecule has 0 fully saturated rings. The second-order valence-corrected chi connectivity index (χ2v) is 8.63. The van der Waals surface area contributed by atoms with E-state index in [1.807, 2.05) is 60.7 Å². The summed E-state index contributed by atoms with van der Waals surface area (Å²) in [5.74, 6) is 1.43. The molecule has 0 atom stereocenters. The van der Waals surface area contributed by atoms with Crippen molar-refractivity contribution >= 4 is 45.1 Å². The van der Waals surface area contributed by atoms with Gasteiger partial charge in [-0.25, -0.2) is 5.10 Å². The number of benzene rings is 4. The van der Waals surface area contributed by atoms with E-state index in [9.17, 15) is 0 Å². The van der Waals surface area contributed by atoms with Crippen molar-refractivity contribution in [2.24, 2.45) is 5.10 Å². The van der Waals surface area contributed by atoms with Gasteiger partial charge < -0.3 is 4.74 Å². The van der Waals surface area contributed by atoms with E-state index in [-0.39, 0.29) is 0 Å². The lowest BCUT2D eigenvalue weighted by Gasteiger charge is -2.11. The summed E-state index contributed by atoms with van der Waals surface area (Å²) in [6.45, 7) is 0.484. The van der Waals surface area contributed by atoms with Crippen molar-refractivity contribution in [1.82, 2.24) is 14.9 Å². The minimum atomic E-state index is 0.430. The largest absolute Gasteiger partial charge is 0.488 e. The summed E-state index contributed by atoms with van der Waals surface area (Å²) in [5.41, 5.74) is 2.98. The fraction of sp³-hybridized carbons (Fsp3) is 0.0385. The molecule has 0 aliphatic heterocycles. The molecule has 0 bridgehead atoms. The number of H-pyrrole nitrogens is 1. The third-order valence-electron chi connectivity index (χ3n) is 5.22. The third kappa shape index (κ3) is 4.65. The van der Waals surface area contributed by atoms with E-state index >= 15 is 0 Å². The lowest BCUT2D eigenvalue weighted by atomic mass is 10.1. The standard InChI is InChI=1S/C26H19BrN4OS/c27-23-15-18(16-28-31-25(29-30-26(31)33)20-8-2-1-3-9-20)13-14-24(23)32-17-21-11-6-10-19-7-4-5-12-22(19)21/h1-16H,17H2,(H,30,33)/b28-16-. The molecule has 0 aliphatic carbocycles. The molecule has 0 saturated heterocycles. The number of aromatic nitrogens is 3. The molecular weight excluding hydrogens is 496 g/mol. The van der Waals surface area contributed by atoms with Crippen LogP contribution in [0.4, 0.5) is 0 Å². The van der Waals surface area contributed by atoms with Gasteiger partial charge in [-0.05, 0) is 68.2 Å². The van der Waals surface area contributed by atoms with Gasteiger partial charge in [-0.3, -0.25) is 0 Å². The predicted molar refractivity (Wildman–Crippen MR) is 138 cm³/mol. The van der Waals surface area contributed by atoms with Crippen molar-refractivity contribution in [2.75, 3.05) is 0 Å². The summed E-state index contributed by atoms with van der Waals surface area (Å²) in [4.78, 5) is 0. The first-order chi connectivity index (χ1) is 16.2. The molecule has 5 rings (SSSR count). The van der Waals surface area contributed by atoms with Crippen LogP contribution in [0.15, 0.2) is 101 Å². The van der Waals surface area contributed by atoms with E-state index in [0.717, 1.165) is 26.9 Å². The Morgan fingerprint density at radius 1 is 0.970 bits per heavy atom. The zero-order chi connectivity index (χ0) is 22.6. The van der Waals surface area contributed by atoms with Gasteiger partial charge in [0.25, 0.3) is 0 Å². The Kier molecular flexibility index (Phi) is 6.15. The van der Waals surface area contributed by atoms with E-state index in [4.69, 9.17) is 17.0 Å². The second-order valence-electron chi connectivity index (χ2n) is 7.39. The molecule has 0 radical (unpaired) electrons. The highest BCUT2D eigenvalue weighted by molar-refractivity contribution is 9.10. The zero-order valence-electron chi connectivity index (χ0n) is 17.5. The number of rotatable bonds is 6. The third-order valence-corrected chi connectivity index (χ3v) is 6.11. The van der Waals surface area contributed by atoms with Crippen LogP contribution < -0.4 is 4.74 Å². The molecular formula is C26H19BrN4OS. The van der Waals surface area contributed by atoms with Crippen molar-refractivity contribution in [1.29, 1.82) is 0 Å². The Labute approximate surface area is 204 Å². The first-order valence-electron chi connectivity index (χ1n) is 10.4. The molecule has 7 heteroatoms. The van der Waals surface area contributed by atoms with Crippen LogP contribution in [0.5, 0.6) is 5.75 Å². The van der Waals surface area contributed by atoms with Crippen LogP contribution in [0.3, 0.4) is 0 Å². The van der Waals surface area contributed by atoms with Gasteiger partial charge in [0.05, 0.1) is 10.7 Å². The van der Waals surface area contributed by atoms with Crippen LogP contribution in [-0.4, -0.2) is 21.1 Å². The number of hydrogen-bond donors (Lipinski definition) is 1. The van der Waals surface area contributed by atoms with Crippen LogP contribution in [-0.2, 0) is 6.61 Å². The number of ether oxygens (including phenoxy) is 1. The van der Waals surface area contributed by atoms with Gasteiger partial charge in [0.2, 0.25) is 4.77 Å². The van der Waals surface area contributed by atoms with Gasteiger partial charge in [0.15, 0.2) is 5.82 Å². The number of nitrogens with one attached hydrogen (secondary N) is 1. The van der Waals surface area contributed by atoms with E-state index in [0.29, 0.717) is 17.2 Å². The Morgan fingerprint density at radius 2 is 1.76 bits per heavy atom. The predicted octanol–water partition coefficient (Wildman–Crippen LogP) is 6.98. The SMILES string of the molecule is S=c1[nH]nc(-c2ccccc2)n1/N=C\c1ccc(OCc2cccc3ccccc23)c(Br)c1. The molecule has 0 amide bonds. The van der Waals surface area contributed by atoms with E-state index in [1.165, 1.54) is 10.8 Å². The van der Waals surface area contributed by atoms with Gasteiger partial charge in [0.1, 0.15) is 12.4 Å². The normalized spacial score (nSPS) is 11.3. The van der Waals surface area contributed by atoms with Crippen molar-refractivity contribution in [3.8, 4) is 17.1 Å². The summed E-state index contributed by atoms with van der Waals surface area (Å²) in [6.07, 6.45) is 1.75. The Hall–Kier alpha value is -3.55. The highest BCUT2D eigenvalue weighted by Gasteiger charge is 2.08. The molecule has 0 saturated carbocycles. The van der Waals surface area contributed by atoms with Gasteiger partial charge in [-0.15, -0.1) is 0 Å². The quantitative estimate of drug-likeness (QED) is 0.196. The first-order valence-corrected chi connectivity index (χ1v) is 11.6. The molecule has 0 spiro atoms. The van der Waals surface area contributed by atoms with Gasteiger partial charge in [-0.2, -0.15) is 14.9 Å². The topological polar surface area (TPSA) is 55.2 Å². The number of aromatic amines is 1. The van der Waals surface area contributed by atoms with Gasteiger partial charge in [0, 0.05) is 5.56 Å². The molecule has 4 aromatic carbocycles. The highest BCUT2D eigenvalue weighted by atomic mass is 79.9. The summed E-state index contributed by atoms with van der Waals surface area (Å²) < 4.78 is 9.00. The fourth-order valence-electron chi connectivity index (χ4n) is 3.59. The lowest BCUT2D eigenvalue weighted by Crippen LogP contribution is -1.98. The molecule has 1 heterocycles. The first kappa shape index (κ1) is 21.3. The average Bonchev–Trinajstić information content (AvgIpc) is 3.23. The molecule has 33 heavy (non-hydrogen) atoms. The Bertz CT molecular complexity index is 1500. The smallest absolute Gasteiger partial charge is 0.216 e. The van der Waals surface area contributed by atoms with Gasteiger partial charge in [-0.1, -0.05) is 72.8 Å². The lowest BCUT2D eigenvalue weighted by molar-refractivity contribution is 0.305. The molecule has 1 N–H and O–H groups in total. The van der Waals surface area contributed by atoms with Crippen molar-refractivity contribution in [3.05, 3.63) is 111 Å². The molecule has 0 unspecified atom stereocenters. The highest BCUT2D eigenvalue weighted by Crippen LogP contribution is 2.28. The second kappa shape index (κ2) is 9.52. The molecule has 1 aromatic heterocycles. The number of hydrogen-bond acceptors (Lipinski definition) is 4. The van der Waals surface area contributed by atoms with Crippen LogP contribution in [0.1, 0.15) is 11.1 Å². The number of nitrogens with zero attached hydrogens (tertiary/aromatic N) is 3. The Morgan fingerprint density at radius 3 is 2.61 bits per heavy atom. The van der Waals surface area contributed by atoms with E-state index < -0.39 is 0 Å². The monoisotopic (exact) mass is 514 g/mol. The Balaban J connectivity index is 1.34. The van der Waals surface area contributed by atoms with E-state index in [1.54, 1.807) is 10.9 Å². The van der Waals surface area contributed by atoms with Crippen LogP contribution in [0.25, 0.3) is 22.2 Å². The van der Waals surface area contributed by atoms with Crippen molar-refractivity contribution in [3.63, 3.8) is 0 Å². The minimum Gasteiger partial charge on any atom is -0.488 e. The summed E-state index contributed by atoms with van der Waals surface area (Å²) in [6, 6.07) is 30.2. The summed E-state index contributed by atoms with van der Waals surface area (Å²) in [7, 11) is 0. The number of halogens is 1. The maximum Gasteiger partial charge on any atom is 0.216 e. The maximum atomic E-state index is 6.10. The van der Waals surface area contributed by atoms with Crippen molar-refractivity contribution < 1.29 is 4.74 Å². The molecule has 5 aromatic rings. The van der Waals surface area contributed by atoms with Crippen molar-refractivity contribution in [2.45, 2.75) is 6.61 Å². The summed E-state index contributed by atoms with van der Waals surface area (Å²) in [5, 5.41) is 14.1. The minimum absolute atomic E-state index is 0.430. The molecule has 162 valence electrons. The van der Waals surface area contributed by atoms with Crippen LogP contribution >= 0.6 is 28.1 Å². The van der Waals surface area contributed by atoms with Crippen LogP contribution in [0, 0.1) is 4.77 Å².